The molecule has 0 radical (unpaired) electrons. The monoisotopic (exact) mass is 164 g/mol. The lowest BCUT2D eigenvalue weighted by molar-refractivity contribution is -0.122. The highest BCUT2D eigenvalue weighted by Crippen LogP contribution is 2.34. The molecule has 1 heteroatoms. The molecule has 0 bridgehead atoms. The largest absolute Gasteiger partial charge is 0.298 e. The van der Waals surface area contributed by atoms with Crippen molar-refractivity contribution in [3.05, 3.63) is 24.3 Å². The number of allylic oxidation sites excluding steroid dienone is 2. The van der Waals surface area contributed by atoms with E-state index in [1.165, 1.54) is 0 Å². The summed E-state index contributed by atoms with van der Waals surface area (Å²) in [4.78, 5) is 11.7. The fraction of sp³-hybridized carbons (Fsp3) is 0.545. The standard InChI is InChI=1S/C11H16O/c1-7(2)9-5-6-10(8(3)4)11(9)12/h9-10H,1,3,5-6H2,2,4H3/t9-,10-/m0/s1. The van der Waals surface area contributed by atoms with Gasteiger partial charge in [0.2, 0.25) is 0 Å². The summed E-state index contributed by atoms with van der Waals surface area (Å²) < 4.78 is 0. The van der Waals surface area contributed by atoms with Crippen LogP contribution in [-0.4, -0.2) is 5.78 Å². The first-order chi connectivity index (χ1) is 5.54. The summed E-state index contributed by atoms with van der Waals surface area (Å²) in [6.45, 7) is 11.5. The quantitative estimate of drug-likeness (QED) is 0.573. The van der Waals surface area contributed by atoms with Crippen molar-refractivity contribution in [1.29, 1.82) is 0 Å². The van der Waals surface area contributed by atoms with Crippen LogP contribution in [0.1, 0.15) is 26.7 Å². The molecule has 1 rings (SSSR count). The predicted molar refractivity (Wildman–Crippen MR) is 50.8 cm³/mol. The Morgan fingerprint density at radius 2 is 1.50 bits per heavy atom. The van der Waals surface area contributed by atoms with Crippen molar-refractivity contribution >= 4 is 5.78 Å². The van der Waals surface area contributed by atoms with E-state index in [0.717, 1.165) is 24.0 Å². The molecule has 2 atom stereocenters. The Labute approximate surface area is 74.2 Å². The van der Waals surface area contributed by atoms with E-state index in [1.54, 1.807) is 0 Å². The lowest BCUT2D eigenvalue weighted by Crippen LogP contribution is -2.15. The maximum Gasteiger partial charge on any atom is 0.147 e. The van der Waals surface area contributed by atoms with Gasteiger partial charge in [0.05, 0.1) is 0 Å². The van der Waals surface area contributed by atoms with Gasteiger partial charge in [0.1, 0.15) is 5.78 Å². The third-order valence-corrected chi connectivity index (χ3v) is 2.62. The molecule has 0 saturated heterocycles. The average molecular weight is 164 g/mol. The van der Waals surface area contributed by atoms with Crippen LogP contribution in [0.3, 0.4) is 0 Å². The number of Topliss-reactive ketones (excluding diaryl/α,β-unsaturated/α-hetero) is 1. The molecule has 0 aromatic heterocycles. The summed E-state index contributed by atoms with van der Waals surface area (Å²) >= 11 is 0. The van der Waals surface area contributed by atoms with Gasteiger partial charge in [-0.3, -0.25) is 4.79 Å². The number of carbonyl (C=O) groups is 1. The van der Waals surface area contributed by atoms with Gasteiger partial charge in [0.25, 0.3) is 0 Å². The fourth-order valence-electron chi connectivity index (χ4n) is 1.84. The molecule has 0 unspecified atom stereocenters. The third-order valence-electron chi connectivity index (χ3n) is 2.62. The van der Waals surface area contributed by atoms with Crippen LogP contribution in [0.15, 0.2) is 24.3 Å². The van der Waals surface area contributed by atoms with E-state index in [2.05, 4.69) is 13.2 Å². The summed E-state index contributed by atoms with van der Waals surface area (Å²) in [6.07, 6.45) is 1.93. The van der Waals surface area contributed by atoms with E-state index in [0.29, 0.717) is 5.78 Å². The topological polar surface area (TPSA) is 17.1 Å². The number of carbonyl (C=O) groups excluding carboxylic acids is 1. The number of hydrogen-bond donors (Lipinski definition) is 0. The first kappa shape index (κ1) is 9.24. The number of hydrogen-bond acceptors (Lipinski definition) is 1. The zero-order valence-electron chi connectivity index (χ0n) is 7.89. The van der Waals surface area contributed by atoms with Crippen molar-refractivity contribution in [3.63, 3.8) is 0 Å². The molecule has 0 amide bonds. The Kier molecular flexibility index (Phi) is 2.51. The van der Waals surface area contributed by atoms with Gasteiger partial charge in [0.15, 0.2) is 0 Å². The maximum absolute atomic E-state index is 11.7. The molecular formula is C11H16O. The molecule has 1 aliphatic rings. The van der Waals surface area contributed by atoms with Gasteiger partial charge in [-0.2, -0.15) is 0 Å². The lowest BCUT2D eigenvalue weighted by Gasteiger charge is -2.09. The van der Waals surface area contributed by atoms with Crippen molar-refractivity contribution in [2.24, 2.45) is 11.8 Å². The van der Waals surface area contributed by atoms with Gasteiger partial charge in [-0.25, -0.2) is 0 Å². The summed E-state index contributed by atoms with van der Waals surface area (Å²) in [7, 11) is 0. The minimum atomic E-state index is 0.103. The van der Waals surface area contributed by atoms with Gasteiger partial charge >= 0.3 is 0 Å². The van der Waals surface area contributed by atoms with E-state index in [1.807, 2.05) is 13.8 Å². The van der Waals surface area contributed by atoms with Crippen molar-refractivity contribution in [1.82, 2.24) is 0 Å². The molecule has 1 saturated carbocycles. The normalized spacial score (nSPS) is 29.0. The summed E-state index contributed by atoms with van der Waals surface area (Å²) in [5.74, 6) is 0.536. The zero-order valence-corrected chi connectivity index (χ0v) is 7.89. The second kappa shape index (κ2) is 3.26. The Hall–Kier alpha value is -0.850. The van der Waals surface area contributed by atoms with Gasteiger partial charge in [-0.1, -0.05) is 24.3 Å². The summed E-state index contributed by atoms with van der Waals surface area (Å²) in [6, 6.07) is 0. The Balaban J connectivity index is 2.74. The van der Waals surface area contributed by atoms with Gasteiger partial charge in [-0.05, 0) is 26.7 Å². The fourth-order valence-corrected chi connectivity index (χ4v) is 1.84. The van der Waals surface area contributed by atoms with Crippen LogP contribution in [-0.2, 0) is 4.79 Å². The number of rotatable bonds is 2. The highest BCUT2D eigenvalue weighted by atomic mass is 16.1. The molecule has 0 N–H and O–H groups in total. The molecule has 0 heterocycles. The van der Waals surface area contributed by atoms with E-state index in [-0.39, 0.29) is 11.8 Å². The average Bonchev–Trinajstić information content (AvgIpc) is 2.30. The van der Waals surface area contributed by atoms with Crippen molar-refractivity contribution in [2.45, 2.75) is 26.7 Å². The Morgan fingerprint density at radius 3 is 1.67 bits per heavy atom. The first-order valence-electron chi connectivity index (χ1n) is 4.38. The van der Waals surface area contributed by atoms with E-state index in [4.69, 9.17) is 0 Å². The molecule has 1 fully saturated rings. The molecule has 1 nitrogen and oxygen atoms in total. The number of ketones is 1. The molecule has 66 valence electrons. The minimum absolute atomic E-state index is 0.103. The van der Waals surface area contributed by atoms with Crippen LogP contribution in [0.5, 0.6) is 0 Å². The van der Waals surface area contributed by atoms with Gasteiger partial charge < -0.3 is 0 Å². The summed E-state index contributed by atoms with van der Waals surface area (Å²) in [5.41, 5.74) is 2.01. The highest BCUT2D eigenvalue weighted by Gasteiger charge is 2.34. The van der Waals surface area contributed by atoms with Crippen molar-refractivity contribution in [2.75, 3.05) is 0 Å². The minimum Gasteiger partial charge on any atom is -0.298 e. The highest BCUT2D eigenvalue weighted by molar-refractivity contribution is 5.89. The molecule has 0 spiro atoms. The van der Waals surface area contributed by atoms with Crippen LogP contribution >= 0.6 is 0 Å². The first-order valence-corrected chi connectivity index (χ1v) is 4.38. The van der Waals surface area contributed by atoms with E-state index in [9.17, 15) is 4.79 Å². The molecule has 0 aromatic carbocycles. The third kappa shape index (κ3) is 1.50. The van der Waals surface area contributed by atoms with Gasteiger partial charge in [-0.15, -0.1) is 0 Å². The molecule has 12 heavy (non-hydrogen) atoms. The molecule has 0 aliphatic heterocycles. The molecule has 0 aromatic rings. The second-order valence-electron chi connectivity index (χ2n) is 3.78. The van der Waals surface area contributed by atoms with Crippen LogP contribution in [0.4, 0.5) is 0 Å². The predicted octanol–water partition coefficient (Wildman–Crippen LogP) is 2.73. The van der Waals surface area contributed by atoms with E-state index < -0.39 is 0 Å². The van der Waals surface area contributed by atoms with Crippen molar-refractivity contribution in [3.8, 4) is 0 Å². The van der Waals surface area contributed by atoms with Crippen LogP contribution in [0.2, 0.25) is 0 Å². The Morgan fingerprint density at radius 1 is 1.17 bits per heavy atom. The smallest absolute Gasteiger partial charge is 0.147 e. The van der Waals surface area contributed by atoms with Crippen LogP contribution < -0.4 is 0 Å². The zero-order chi connectivity index (χ0) is 9.30. The second-order valence-corrected chi connectivity index (χ2v) is 3.78. The lowest BCUT2D eigenvalue weighted by atomic mass is 9.94. The maximum atomic E-state index is 11.7. The molecular weight excluding hydrogens is 148 g/mol. The van der Waals surface area contributed by atoms with Crippen molar-refractivity contribution < 1.29 is 4.79 Å². The van der Waals surface area contributed by atoms with Gasteiger partial charge in [0, 0.05) is 11.8 Å². The SMILES string of the molecule is C=C(C)[C@@H]1CC[C@@H](C(=C)C)C1=O. The van der Waals surface area contributed by atoms with E-state index >= 15 is 0 Å². The molecule has 1 aliphatic carbocycles. The Bertz CT molecular complexity index is 213. The van der Waals surface area contributed by atoms with Crippen LogP contribution in [0, 0.1) is 11.8 Å². The summed E-state index contributed by atoms with van der Waals surface area (Å²) in [5, 5.41) is 0. The van der Waals surface area contributed by atoms with Crippen LogP contribution in [0.25, 0.3) is 0 Å².